The molecule has 1 aliphatic rings. The lowest BCUT2D eigenvalue weighted by molar-refractivity contribution is -0.115. The number of nitrogens with zero attached hydrogens (tertiary/aromatic N) is 3. The highest BCUT2D eigenvalue weighted by molar-refractivity contribution is 8.18. The second kappa shape index (κ2) is 7.01. The van der Waals surface area contributed by atoms with Gasteiger partial charge in [-0.25, -0.2) is 9.98 Å². The number of hydrogen-bond donors (Lipinski definition) is 2. The Labute approximate surface area is 163 Å². The standard InChI is InChI=1S/C18H15N5O2S2/c1-10(24)20-17-19-9-13(26-17)8-15-16(25)22-18(27-15)21-12-4-3-11-5-6-23(2)14(11)7-12/h3-9H,1-2H3,(H,19,20,24)(H,21,22,25). The summed E-state index contributed by atoms with van der Waals surface area (Å²) in [6, 6.07) is 7.96. The third kappa shape index (κ3) is 3.79. The number of nitrogens with one attached hydrogen (secondary N) is 2. The zero-order chi connectivity index (χ0) is 19.0. The van der Waals surface area contributed by atoms with Crippen molar-refractivity contribution < 1.29 is 9.59 Å². The molecule has 0 atom stereocenters. The molecule has 0 spiro atoms. The molecule has 3 aromatic rings. The maximum Gasteiger partial charge on any atom is 0.264 e. The Balaban J connectivity index is 1.55. The summed E-state index contributed by atoms with van der Waals surface area (Å²) in [6.07, 6.45) is 5.36. The molecule has 136 valence electrons. The molecule has 2 N–H and O–H groups in total. The SMILES string of the molecule is CC(=O)Nc1ncc(C=C2SC(=Nc3ccc4ccn(C)c4c3)NC2=O)s1. The van der Waals surface area contributed by atoms with Crippen molar-refractivity contribution in [2.75, 3.05) is 5.32 Å². The topological polar surface area (TPSA) is 88.4 Å². The molecule has 0 bridgehead atoms. The first kappa shape index (κ1) is 17.5. The molecule has 0 aliphatic carbocycles. The van der Waals surface area contributed by atoms with Gasteiger partial charge in [-0.1, -0.05) is 17.4 Å². The van der Waals surface area contributed by atoms with Gasteiger partial charge in [-0.3, -0.25) is 9.59 Å². The predicted molar refractivity (Wildman–Crippen MR) is 110 cm³/mol. The lowest BCUT2D eigenvalue weighted by Crippen LogP contribution is -2.19. The van der Waals surface area contributed by atoms with Gasteiger partial charge in [0.05, 0.1) is 15.5 Å². The van der Waals surface area contributed by atoms with Crippen molar-refractivity contribution >= 4 is 67.9 Å². The molecule has 0 radical (unpaired) electrons. The largest absolute Gasteiger partial charge is 0.350 e. The van der Waals surface area contributed by atoms with Gasteiger partial charge in [0, 0.05) is 31.9 Å². The molecule has 1 aliphatic heterocycles. The molecule has 4 rings (SSSR count). The fourth-order valence-corrected chi connectivity index (χ4v) is 4.32. The van der Waals surface area contributed by atoms with E-state index in [4.69, 9.17) is 0 Å². The van der Waals surface area contributed by atoms with Gasteiger partial charge in [-0.15, -0.1) is 0 Å². The number of amidine groups is 1. The van der Waals surface area contributed by atoms with Crippen LogP contribution in [-0.4, -0.2) is 26.5 Å². The van der Waals surface area contributed by atoms with Crippen LogP contribution >= 0.6 is 23.1 Å². The highest BCUT2D eigenvalue weighted by Crippen LogP contribution is 2.31. The molecular formula is C18H15N5O2S2. The maximum absolute atomic E-state index is 12.2. The highest BCUT2D eigenvalue weighted by atomic mass is 32.2. The Hall–Kier alpha value is -2.91. The average molecular weight is 397 g/mol. The van der Waals surface area contributed by atoms with Crippen LogP contribution in [0.25, 0.3) is 17.0 Å². The van der Waals surface area contributed by atoms with Crippen LogP contribution in [-0.2, 0) is 16.6 Å². The zero-order valence-electron chi connectivity index (χ0n) is 14.5. The Kier molecular flexibility index (Phi) is 4.54. The van der Waals surface area contributed by atoms with E-state index >= 15 is 0 Å². The summed E-state index contributed by atoms with van der Waals surface area (Å²) in [6.45, 7) is 1.43. The summed E-state index contributed by atoms with van der Waals surface area (Å²) in [4.78, 5) is 33.3. The Bertz CT molecular complexity index is 1130. The molecule has 2 amide bonds. The van der Waals surface area contributed by atoms with Gasteiger partial charge in [0.15, 0.2) is 10.3 Å². The number of aliphatic imine (C=N–C) groups is 1. The van der Waals surface area contributed by atoms with Gasteiger partial charge in [-0.05, 0) is 41.4 Å². The molecule has 0 saturated carbocycles. The number of fused-ring (bicyclic) bond motifs is 1. The predicted octanol–water partition coefficient (Wildman–Crippen LogP) is 3.48. The van der Waals surface area contributed by atoms with Crippen molar-refractivity contribution in [3.05, 3.63) is 46.4 Å². The number of anilines is 1. The third-order valence-electron chi connectivity index (χ3n) is 3.83. The van der Waals surface area contributed by atoms with Crippen molar-refractivity contribution in [1.82, 2.24) is 14.9 Å². The minimum atomic E-state index is -0.201. The van der Waals surface area contributed by atoms with Crippen LogP contribution in [0.3, 0.4) is 0 Å². The fraction of sp³-hybridized carbons (Fsp3) is 0.111. The number of thiazole rings is 1. The van der Waals surface area contributed by atoms with Crippen molar-refractivity contribution in [1.29, 1.82) is 0 Å². The number of thioether (sulfide) groups is 1. The van der Waals surface area contributed by atoms with E-state index in [2.05, 4.69) is 20.6 Å². The molecule has 2 aromatic heterocycles. The number of aryl methyl sites for hydroxylation is 1. The summed E-state index contributed by atoms with van der Waals surface area (Å²) in [7, 11) is 1.98. The molecular weight excluding hydrogens is 382 g/mol. The first-order valence-electron chi connectivity index (χ1n) is 8.06. The number of amides is 2. The molecule has 0 unspecified atom stereocenters. The Morgan fingerprint density at radius 1 is 1.37 bits per heavy atom. The smallest absolute Gasteiger partial charge is 0.264 e. The van der Waals surface area contributed by atoms with E-state index in [9.17, 15) is 9.59 Å². The summed E-state index contributed by atoms with van der Waals surface area (Å²) in [5, 5.41) is 7.59. The number of aromatic nitrogens is 2. The second-order valence-electron chi connectivity index (χ2n) is 5.90. The second-order valence-corrected chi connectivity index (χ2v) is 7.99. The van der Waals surface area contributed by atoms with Crippen molar-refractivity contribution in [3.63, 3.8) is 0 Å². The van der Waals surface area contributed by atoms with Crippen LogP contribution < -0.4 is 10.6 Å². The van der Waals surface area contributed by atoms with Crippen LogP contribution in [0.15, 0.2) is 46.6 Å². The quantitative estimate of drug-likeness (QED) is 0.662. The van der Waals surface area contributed by atoms with Crippen LogP contribution in [0.5, 0.6) is 0 Å². The number of carbonyl (C=O) groups is 2. The Morgan fingerprint density at radius 2 is 2.22 bits per heavy atom. The van der Waals surface area contributed by atoms with Gasteiger partial charge >= 0.3 is 0 Å². The van der Waals surface area contributed by atoms with Gasteiger partial charge in [-0.2, -0.15) is 0 Å². The zero-order valence-corrected chi connectivity index (χ0v) is 16.1. The number of carbonyl (C=O) groups excluding carboxylic acids is 2. The van der Waals surface area contributed by atoms with Crippen LogP contribution in [0.1, 0.15) is 11.8 Å². The highest BCUT2D eigenvalue weighted by Gasteiger charge is 2.24. The molecule has 27 heavy (non-hydrogen) atoms. The van der Waals surface area contributed by atoms with Crippen LogP contribution in [0.2, 0.25) is 0 Å². The molecule has 1 saturated heterocycles. The number of benzene rings is 1. The summed E-state index contributed by atoms with van der Waals surface area (Å²) in [5.41, 5.74) is 1.86. The lowest BCUT2D eigenvalue weighted by Gasteiger charge is -1.99. The summed E-state index contributed by atoms with van der Waals surface area (Å²) in [5.74, 6) is -0.380. The van der Waals surface area contributed by atoms with E-state index in [1.54, 1.807) is 12.3 Å². The molecule has 7 nitrogen and oxygen atoms in total. The Morgan fingerprint density at radius 3 is 3.04 bits per heavy atom. The normalized spacial score (nSPS) is 17.0. The van der Waals surface area contributed by atoms with E-state index in [-0.39, 0.29) is 11.8 Å². The van der Waals surface area contributed by atoms with E-state index in [1.807, 2.05) is 42.1 Å². The van der Waals surface area contributed by atoms with Crippen molar-refractivity contribution in [3.8, 4) is 0 Å². The molecule has 1 aromatic carbocycles. The van der Waals surface area contributed by atoms with Gasteiger partial charge in [0.2, 0.25) is 5.91 Å². The maximum atomic E-state index is 12.2. The van der Waals surface area contributed by atoms with E-state index < -0.39 is 0 Å². The first-order valence-corrected chi connectivity index (χ1v) is 9.69. The third-order valence-corrected chi connectivity index (χ3v) is 5.60. The monoisotopic (exact) mass is 397 g/mol. The van der Waals surface area contributed by atoms with E-state index in [1.165, 1.54) is 30.0 Å². The molecule has 1 fully saturated rings. The summed E-state index contributed by atoms with van der Waals surface area (Å²) >= 11 is 2.58. The molecule has 3 heterocycles. The number of rotatable bonds is 3. The van der Waals surface area contributed by atoms with Gasteiger partial charge in [0.25, 0.3) is 5.91 Å². The minimum Gasteiger partial charge on any atom is -0.350 e. The molecule has 9 heteroatoms. The lowest BCUT2D eigenvalue weighted by atomic mass is 10.2. The van der Waals surface area contributed by atoms with Gasteiger partial charge < -0.3 is 15.2 Å². The average Bonchev–Trinajstić information content (AvgIpc) is 3.29. The van der Waals surface area contributed by atoms with E-state index in [0.717, 1.165) is 21.5 Å². The van der Waals surface area contributed by atoms with Crippen LogP contribution in [0, 0.1) is 0 Å². The fourth-order valence-electron chi connectivity index (χ4n) is 2.61. The minimum absolute atomic E-state index is 0.179. The first-order chi connectivity index (χ1) is 13.0. The van der Waals surface area contributed by atoms with Crippen LogP contribution in [0.4, 0.5) is 10.8 Å². The van der Waals surface area contributed by atoms with Crippen molar-refractivity contribution in [2.45, 2.75) is 6.92 Å². The van der Waals surface area contributed by atoms with Crippen molar-refractivity contribution in [2.24, 2.45) is 12.0 Å². The van der Waals surface area contributed by atoms with Gasteiger partial charge in [0.1, 0.15) is 0 Å². The summed E-state index contributed by atoms with van der Waals surface area (Å²) < 4.78 is 2.03. The van der Waals surface area contributed by atoms with E-state index in [0.29, 0.717) is 15.2 Å². The number of hydrogen-bond acceptors (Lipinski definition) is 6.